The fraction of sp³-hybridized carbons (Fsp3) is 0.421. The van der Waals surface area contributed by atoms with Gasteiger partial charge in [0.1, 0.15) is 0 Å². The molecule has 2 N–H and O–H groups in total. The van der Waals surface area contributed by atoms with E-state index in [4.69, 9.17) is 0 Å². The number of fused-ring (bicyclic) bond motifs is 2. The maximum Gasteiger partial charge on any atom is 0.471 e. The Morgan fingerprint density at radius 1 is 1.24 bits per heavy atom. The van der Waals surface area contributed by atoms with Crippen molar-refractivity contribution in [2.24, 2.45) is 5.92 Å². The van der Waals surface area contributed by atoms with Crippen molar-refractivity contribution in [3.05, 3.63) is 35.5 Å². The van der Waals surface area contributed by atoms with Gasteiger partial charge in [0.05, 0.1) is 4.88 Å². The number of carbonyl (C=O) groups is 2. The maximum atomic E-state index is 12.6. The number of nitrogens with one attached hydrogen (secondary N) is 2. The van der Waals surface area contributed by atoms with Gasteiger partial charge in [-0.1, -0.05) is 12.1 Å². The third kappa shape index (κ3) is 4.59. The van der Waals surface area contributed by atoms with E-state index in [1.807, 2.05) is 5.32 Å². The highest BCUT2D eigenvalue weighted by atomic mass is 32.1. The Hall–Kier alpha value is -2.46. The molecule has 2 aromatic rings. The van der Waals surface area contributed by atoms with Gasteiger partial charge in [-0.05, 0) is 43.0 Å². The molecule has 0 spiro atoms. The molecule has 2 fully saturated rings. The largest absolute Gasteiger partial charge is 0.471 e. The molecular weight excluding hydrogens is 405 g/mol. The topological polar surface area (TPSA) is 74.3 Å². The highest BCUT2D eigenvalue weighted by Gasteiger charge is 2.38. The van der Waals surface area contributed by atoms with Crippen LogP contribution in [0.5, 0.6) is 0 Å². The number of anilines is 1. The minimum atomic E-state index is -4.96. The van der Waals surface area contributed by atoms with Gasteiger partial charge >= 0.3 is 12.1 Å². The first-order chi connectivity index (χ1) is 13.8. The second-order valence-corrected chi connectivity index (χ2v) is 8.41. The molecule has 29 heavy (non-hydrogen) atoms. The first-order valence-electron chi connectivity index (χ1n) is 9.25. The number of carbonyl (C=O) groups excluding carboxylic acids is 2. The van der Waals surface area contributed by atoms with Crippen LogP contribution >= 0.6 is 11.3 Å². The van der Waals surface area contributed by atoms with Gasteiger partial charge in [0.25, 0.3) is 5.91 Å². The lowest BCUT2D eigenvalue weighted by Crippen LogP contribution is -2.46. The van der Waals surface area contributed by atoms with Gasteiger partial charge in [0, 0.05) is 31.0 Å². The summed E-state index contributed by atoms with van der Waals surface area (Å²) in [5, 5.41) is 5.17. The van der Waals surface area contributed by atoms with Crippen LogP contribution in [-0.2, 0) is 4.79 Å². The van der Waals surface area contributed by atoms with E-state index in [-0.39, 0.29) is 17.6 Å². The summed E-state index contributed by atoms with van der Waals surface area (Å²) < 4.78 is 37.3. The second-order valence-electron chi connectivity index (χ2n) is 7.38. The minimum Gasteiger partial charge on any atom is -0.346 e. The normalized spacial score (nSPS) is 23.6. The Balaban J connectivity index is 1.43. The SMILES string of the molecule is O=C(N[C@@H]1C[C@H]2CCN(C2)C1)c1ncc(-c2cccc(NC(=O)C(F)(F)F)c2)s1. The second kappa shape index (κ2) is 7.75. The molecule has 154 valence electrons. The van der Waals surface area contributed by atoms with Crippen LogP contribution in [0.1, 0.15) is 22.6 Å². The quantitative estimate of drug-likeness (QED) is 0.791. The lowest BCUT2D eigenvalue weighted by Gasteiger charge is -2.30. The van der Waals surface area contributed by atoms with Gasteiger partial charge in [-0.2, -0.15) is 13.2 Å². The van der Waals surface area contributed by atoms with Crippen molar-refractivity contribution >= 4 is 28.8 Å². The summed E-state index contributed by atoms with van der Waals surface area (Å²) in [6.07, 6.45) is -1.30. The van der Waals surface area contributed by atoms with Gasteiger partial charge in [-0.3, -0.25) is 9.59 Å². The molecule has 1 aromatic carbocycles. The van der Waals surface area contributed by atoms with E-state index in [1.54, 1.807) is 6.07 Å². The van der Waals surface area contributed by atoms with E-state index >= 15 is 0 Å². The fourth-order valence-electron chi connectivity index (χ4n) is 3.88. The number of alkyl halides is 3. The van der Waals surface area contributed by atoms with Crippen molar-refractivity contribution in [1.29, 1.82) is 0 Å². The van der Waals surface area contributed by atoms with E-state index in [1.165, 1.54) is 30.8 Å². The number of hydrogen-bond acceptors (Lipinski definition) is 5. The standard InChI is InChI=1S/C19H19F3N4O2S/c20-19(21,22)18(28)25-13-3-1-2-12(7-13)15-8-23-17(29-15)16(27)24-14-6-11-4-5-26(9-11)10-14/h1-3,7-8,11,14H,4-6,9-10H2,(H,24,27)(H,25,28)/t11-,14-/m1/s1. The molecule has 0 saturated carbocycles. The molecule has 3 heterocycles. The average molecular weight is 424 g/mol. The van der Waals surface area contributed by atoms with Crippen LogP contribution in [0.4, 0.5) is 18.9 Å². The van der Waals surface area contributed by atoms with E-state index in [9.17, 15) is 22.8 Å². The Kier molecular flexibility index (Phi) is 5.30. The molecule has 10 heteroatoms. The average Bonchev–Trinajstić information content (AvgIpc) is 3.28. The molecule has 2 aliphatic heterocycles. The predicted molar refractivity (Wildman–Crippen MR) is 103 cm³/mol. The molecule has 2 saturated heterocycles. The molecule has 2 bridgehead atoms. The number of halogens is 3. The van der Waals surface area contributed by atoms with Gasteiger partial charge in [0.2, 0.25) is 0 Å². The van der Waals surface area contributed by atoms with E-state index in [0.717, 1.165) is 37.4 Å². The van der Waals surface area contributed by atoms with Crippen LogP contribution in [0.3, 0.4) is 0 Å². The minimum absolute atomic E-state index is 0.0240. The summed E-state index contributed by atoms with van der Waals surface area (Å²) in [5.41, 5.74) is 0.597. The number of nitrogens with zero attached hydrogens (tertiary/aromatic N) is 2. The van der Waals surface area contributed by atoms with Crippen LogP contribution in [0.2, 0.25) is 0 Å². The van der Waals surface area contributed by atoms with Gasteiger partial charge in [-0.25, -0.2) is 4.98 Å². The number of thiazole rings is 1. The zero-order chi connectivity index (χ0) is 20.6. The van der Waals surface area contributed by atoms with Gasteiger partial charge < -0.3 is 15.5 Å². The zero-order valence-corrected chi connectivity index (χ0v) is 16.1. The fourth-order valence-corrected chi connectivity index (χ4v) is 4.69. The van der Waals surface area contributed by atoms with Crippen LogP contribution < -0.4 is 10.6 Å². The van der Waals surface area contributed by atoms with Crippen molar-refractivity contribution in [1.82, 2.24) is 15.2 Å². The van der Waals surface area contributed by atoms with Crippen LogP contribution in [0.25, 0.3) is 10.4 Å². The molecule has 3 atom stereocenters. The van der Waals surface area contributed by atoms with Crippen LogP contribution in [0.15, 0.2) is 30.5 Å². The summed E-state index contributed by atoms with van der Waals surface area (Å²) >= 11 is 1.16. The number of amides is 2. The van der Waals surface area contributed by atoms with Gasteiger partial charge in [0.15, 0.2) is 5.01 Å². The maximum absolute atomic E-state index is 12.6. The predicted octanol–water partition coefficient (Wildman–Crippen LogP) is 3.13. The number of aromatic nitrogens is 1. The summed E-state index contributed by atoms with van der Waals surface area (Å²) in [7, 11) is 0. The molecule has 1 unspecified atom stereocenters. The van der Waals surface area contributed by atoms with Crippen molar-refractivity contribution in [3.63, 3.8) is 0 Å². The lowest BCUT2D eigenvalue weighted by atomic mass is 9.97. The summed E-state index contributed by atoms with van der Waals surface area (Å²) in [6, 6.07) is 6.12. The lowest BCUT2D eigenvalue weighted by molar-refractivity contribution is -0.167. The van der Waals surface area contributed by atoms with Gasteiger partial charge in [-0.15, -0.1) is 11.3 Å². The van der Waals surface area contributed by atoms with Crippen LogP contribution in [0, 0.1) is 5.92 Å². The van der Waals surface area contributed by atoms with E-state index in [0.29, 0.717) is 21.4 Å². The Morgan fingerprint density at radius 2 is 2.07 bits per heavy atom. The number of rotatable bonds is 4. The highest BCUT2D eigenvalue weighted by molar-refractivity contribution is 7.17. The molecule has 2 amide bonds. The molecule has 2 aliphatic rings. The third-order valence-electron chi connectivity index (χ3n) is 5.16. The van der Waals surface area contributed by atoms with E-state index in [2.05, 4.69) is 15.2 Å². The molecule has 0 aliphatic carbocycles. The molecule has 6 nitrogen and oxygen atoms in total. The first-order valence-corrected chi connectivity index (χ1v) is 10.1. The Morgan fingerprint density at radius 3 is 2.83 bits per heavy atom. The Bertz CT molecular complexity index is 918. The number of piperidine rings is 1. The summed E-state index contributed by atoms with van der Waals surface area (Å²) in [4.78, 5) is 30.8. The molecule has 4 rings (SSSR count). The number of hydrogen-bond donors (Lipinski definition) is 2. The molecular formula is C19H19F3N4O2S. The van der Waals surface area contributed by atoms with Crippen molar-refractivity contribution < 1.29 is 22.8 Å². The summed E-state index contributed by atoms with van der Waals surface area (Å²) in [5.74, 6) is -1.64. The zero-order valence-electron chi connectivity index (χ0n) is 15.3. The molecule has 1 aromatic heterocycles. The van der Waals surface area contributed by atoms with Crippen LogP contribution in [-0.4, -0.2) is 53.6 Å². The Labute approximate surface area is 169 Å². The van der Waals surface area contributed by atoms with Crippen molar-refractivity contribution in [2.75, 3.05) is 25.0 Å². The van der Waals surface area contributed by atoms with Crippen molar-refractivity contribution in [3.8, 4) is 10.4 Å². The monoisotopic (exact) mass is 424 g/mol. The first kappa shape index (κ1) is 19.8. The smallest absolute Gasteiger partial charge is 0.346 e. The third-order valence-corrected chi connectivity index (χ3v) is 6.21. The van der Waals surface area contributed by atoms with Crippen molar-refractivity contribution in [2.45, 2.75) is 25.1 Å². The highest BCUT2D eigenvalue weighted by Crippen LogP contribution is 2.30. The van der Waals surface area contributed by atoms with E-state index < -0.39 is 12.1 Å². The summed E-state index contributed by atoms with van der Waals surface area (Å²) in [6.45, 7) is 3.04. The number of benzene rings is 1. The molecule has 0 radical (unpaired) electrons.